The number of carbonyl (C=O) groups is 2. The van der Waals surface area contributed by atoms with E-state index in [4.69, 9.17) is 21.8 Å². The zero-order valence-electron chi connectivity index (χ0n) is 11.7. The number of aliphatic hydroxyl groups excluding tert-OH is 2. The maximum absolute atomic E-state index is 12.7. The summed E-state index contributed by atoms with van der Waals surface area (Å²) in [5, 5.41) is 19.1. The fourth-order valence-electron chi connectivity index (χ4n) is 1.70. The summed E-state index contributed by atoms with van der Waals surface area (Å²) >= 11 is 5.45. The van der Waals surface area contributed by atoms with Crippen molar-refractivity contribution < 1.29 is 33.0 Å². The van der Waals surface area contributed by atoms with Gasteiger partial charge in [0.05, 0.1) is 23.8 Å². The predicted octanol–water partition coefficient (Wildman–Crippen LogP) is 1.11. The summed E-state index contributed by atoms with van der Waals surface area (Å²) in [4.78, 5) is 24.5. The van der Waals surface area contributed by atoms with Gasteiger partial charge in [-0.3, -0.25) is 9.59 Å². The molecule has 23 heavy (non-hydrogen) atoms. The van der Waals surface area contributed by atoms with E-state index in [0.29, 0.717) is 6.07 Å². The van der Waals surface area contributed by atoms with Crippen LogP contribution in [-0.4, -0.2) is 53.2 Å². The first-order valence-corrected chi connectivity index (χ1v) is 6.77. The van der Waals surface area contributed by atoms with Crippen LogP contribution in [0.4, 0.5) is 18.9 Å². The van der Waals surface area contributed by atoms with Crippen LogP contribution in [0.15, 0.2) is 18.2 Å². The second kappa shape index (κ2) is 8.14. The molecule has 0 unspecified atom stereocenters. The molecule has 6 nitrogen and oxygen atoms in total. The lowest BCUT2D eigenvalue weighted by atomic mass is 10.2. The van der Waals surface area contributed by atoms with Gasteiger partial charge in [0.25, 0.3) is 0 Å². The molecular formula is C13H14ClF3N2O4. The molecule has 1 aromatic carbocycles. The number of nitrogens with one attached hydrogen (secondary N) is 1. The molecule has 2 amide bonds. The fraction of sp³-hybridized carbons (Fsp3) is 0.385. The van der Waals surface area contributed by atoms with Crippen LogP contribution in [0.5, 0.6) is 0 Å². The van der Waals surface area contributed by atoms with E-state index in [9.17, 15) is 22.8 Å². The highest BCUT2D eigenvalue weighted by Gasteiger charge is 2.33. The average molecular weight is 355 g/mol. The lowest BCUT2D eigenvalue weighted by molar-refractivity contribution is -0.143. The Labute approximate surface area is 134 Å². The first-order chi connectivity index (χ1) is 10.7. The Balaban J connectivity index is 2.90. The zero-order valence-corrected chi connectivity index (χ0v) is 12.5. The summed E-state index contributed by atoms with van der Waals surface area (Å²) in [6.07, 6.45) is -4.71. The number of carbonyl (C=O) groups excluding carboxylic acids is 2. The second-order valence-electron chi connectivity index (χ2n) is 4.39. The van der Waals surface area contributed by atoms with Crippen LogP contribution < -0.4 is 5.32 Å². The molecule has 0 radical (unpaired) electrons. The highest BCUT2D eigenvalue weighted by Crippen LogP contribution is 2.36. The summed E-state index contributed by atoms with van der Waals surface area (Å²) in [5.74, 6) is -2.28. The van der Waals surface area contributed by atoms with Gasteiger partial charge in [0.15, 0.2) is 0 Å². The lowest BCUT2D eigenvalue weighted by Gasteiger charge is -2.20. The van der Waals surface area contributed by atoms with Gasteiger partial charge < -0.3 is 20.4 Å². The molecule has 0 heterocycles. The van der Waals surface area contributed by atoms with Gasteiger partial charge in [0.1, 0.15) is 0 Å². The molecular weight excluding hydrogens is 341 g/mol. The van der Waals surface area contributed by atoms with E-state index in [0.717, 1.165) is 17.0 Å². The van der Waals surface area contributed by atoms with Crippen molar-refractivity contribution in [2.75, 3.05) is 31.6 Å². The van der Waals surface area contributed by atoms with E-state index in [2.05, 4.69) is 0 Å². The summed E-state index contributed by atoms with van der Waals surface area (Å²) in [6, 6.07) is 2.67. The maximum atomic E-state index is 12.7. The lowest BCUT2D eigenvalue weighted by Crippen LogP contribution is -2.42. The molecule has 0 aliphatic rings. The molecule has 0 atom stereocenters. The van der Waals surface area contributed by atoms with Crippen molar-refractivity contribution >= 4 is 29.1 Å². The Morgan fingerprint density at radius 1 is 1.17 bits per heavy atom. The number of nitrogens with zero attached hydrogens (tertiary/aromatic N) is 1. The van der Waals surface area contributed by atoms with Gasteiger partial charge in [0, 0.05) is 18.8 Å². The highest BCUT2D eigenvalue weighted by molar-refractivity contribution is 6.39. The standard InChI is InChI=1S/C13H14ClF3N2O4/c14-10-2-1-8(7-9(10)13(15,16)17)18-11(22)12(23)19(3-5-20)4-6-21/h1-2,7,20-21H,3-6H2,(H,18,22). The third-order valence-electron chi connectivity index (χ3n) is 2.75. The Bertz CT molecular complexity index is 575. The van der Waals surface area contributed by atoms with Crippen LogP contribution in [0.1, 0.15) is 5.56 Å². The quantitative estimate of drug-likeness (QED) is 0.691. The third-order valence-corrected chi connectivity index (χ3v) is 3.08. The van der Waals surface area contributed by atoms with E-state index in [1.54, 1.807) is 0 Å². The number of halogens is 4. The van der Waals surface area contributed by atoms with Crippen LogP contribution in [0, 0.1) is 0 Å². The van der Waals surface area contributed by atoms with E-state index >= 15 is 0 Å². The molecule has 0 bridgehead atoms. The number of alkyl halides is 3. The van der Waals surface area contributed by atoms with E-state index in [1.807, 2.05) is 5.32 Å². The number of aliphatic hydroxyl groups is 2. The molecule has 0 spiro atoms. The van der Waals surface area contributed by atoms with Crippen LogP contribution >= 0.6 is 11.6 Å². The Kier molecular flexibility index (Phi) is 6.79. The molecule has 10 heteroatoms. The van der Waals surface area contributed by atoms with Gasteiger partial charge in [-0.25, -0.2) is 0 Å². The number of rotatable bonds is 5. The third kappa shape index (κ3) is 5.38. The minimum atomic E-state index is -4.71. The van der Waals surface area contributed by atoms with E-state index in [-0.39, 0.29) is 18.8 Å². The topological polar surface area (TPSA) is 89.9 Å². The molecule has 0 aliphatic carbocycles. The Morgan fingerprint density at radius 2 is 1.74 bits per heavy atom. The summed E-state index contributed by atoms with van der Waals surface area (Å²) in [5.41, 5.74) is -1.40. The summed E-state index contributed by atoms with van der Waals surface area (Å²) < 4.78 is 38.2. The largest absolute Gasteiger partial charge is 0.417 e. The molecule has 1 aromatic rings. The first-order valence-electron chi connectivity index (χ1n) is 6.39. The van der Waals surface area contributed by atoms with Gasteiger partial charge in [-0.1, -0.05) is 11.6 Å². The first kappa shape index (κ1) is 19.2. The predicted molar refractivity (Wildman–Crippen MR) is 75.8 cm³/mol. The minimum absolute atomic E-state index is 0.193. The molecule has 3 N–H and O–H groups in total. The molecule has 1 rings (SSSR count). The Hall–Kier alpha value is -1.84. The van der Waals surface area contributed by atoms with E-state index < -0.39 is 41.8 Å². The highest BCUT2D eigenvalue weighted by atomic mass is 35.5. The number of anilines is 1. The van der Waals surface area contributed by atoms with Gasteiger partial charge >= 0.3 is 18.0 Å². The van der Waals surface area contributed by atoms with Crippen molar-refractivity contribution in [1.29, 1.82) is 0 Å². The maximum Gasteiger partial charge on any atom is 0.417 e. The molecule has 0 saturated carbocycles. The monoisotopic (exact) mass is 354 g/mol. The van der Waals surface area contributed by atoms with E-state index in [1.165, 1.54) is 0 Å². The fourth-order valence-corrected chi connectivity index (χ4v) is 1.93. The minimum Gasteiger partial charge on any atom is -0.395 e. The van der Waals surface area contributed by atoms with Gasteiger partial charge in [-0.15, -0.1) is 0 Å². The van der Waals surface area contributed by atoms with Gasteiger partial charge in [-0.2, -0.15) is 13.2 Å². The average Bonchev–Trinajstić information content (AvgIpc) is 2.47. The van der Waals surface area contributed by atoms with Crippen molar-refractivity contribution in [1.82, 2.24) is 4.90 Å². The van der Waals surface area contributed by atoms with Gasteiger partial charge in [0.2, 0.25) is 0 Å². The smallest absolute Gasteiger partial charge is 0.395 e. The van der Waals surface area contributed by atoms with Crippen molar-refractivity contribution in [3.63, 3.8) is 0 Å². The normalized spacial score (nSPS) is 11.2. The molecule has 0 saturated heterocycles. The summed E-state index contributed by atoms with van der Waals surface area (Å²) in [6.45, 7) is -1.25. The molecule has 128 valence electrons. The number of hydrogen-bond donors (Lipinski definition) is 3. The number of amides is 2. The molecule has 0 fully saturated rings. The molecule has 0 aliphatic heterocycles. The zero-order chi connectivity index (χ0) is 17.6. The Morgan fingerprint density at radius 3 is 2.22 bits per heavy atom. The molecule has 0 aromatic heterocycles. The van der Waals surface area contributed by atoms with Crippen molar-refractivity contribution in [2.45, 2.75) is 6.18 Å². The van der Waals surface area contributed by atoms with Crippen molar-refractivity contribution in [3.8, 4) is 0 Å². The van der Waals surface area contributed by atoms with Crippen molar-refractivity contribution in [3.05, 3.63) is 28.8 Å². The van der Waals surface area contributed by atoms with Crippen LogP contribution in [0.2, 0.25) is 5.02 Å². The van der Waals surface area contributed by atoms with Crippen LogP contribution in [-0.2, 0) is 15.8 Å². The van der Waals surface area contributed by atoms with Crippen LogP contribution in [0.25, 0.3) is 0 Å². The number of hydrogen-bond acceptors (Lipinski definition) is 4. The van der Waals surface area contributed by atoms with Crippen molar-refractivity contribution in [2.24, 2.45) is 0 Å². The number of benzene rings is 1. The summed E-state index contributed by atoms with van der Waals surface area (Å²) in [7, 11) is 0. The SMILES string of the molecule is O=C(Nc1ccc(Cl)c(C(F)(F)F)c1)C(=O)N(CCO)CCO. The van der Waals surface area contributed by atoms with Gasteiger partial charge in [-0.05, 0) is 18.2 Å². The second-order valence-corrected chi connectivity index (χ2v) is 4.79. The van der Waals surface area contributed by atoms with Crippen LogP contribution in [0.3, 0.4) is 0 Å².